The molecular formula is C14H18N2O2S. The smallest absolute Gasteiger partial charge is 0.261 e. The highest BCUT2D eigenvalue weighted by Crippen LogP contribution is 2.16. The van der Waals surface area contributed by atoms with Gasteiger partial charge in [0.15, 0.2) is 0 Å². The Balaban J connectivity index is 1.81. The van der Waals surface area contributed by atoms with Gasteiger partial charge in [0.2, 0.25) is 0 Å². The van der Waals surface area contributed by atoms with Crippen LogP contribution in [-0.2, 0) is 7.05 Å². The van der Waals surface area contributed by atoms with E-state index in [1.807, 2.05) is 48.3 Å². The summed E-state index contributed by atoms with van der Waals surface area (Å²) in [6, 6.07) is 5.65. The minimum Gasteiger partial charge on any atom is -0.387 e. The lowest BCUT2D eigenvalue weighted by Gasteiger charge is -2.12. The monoisotopic (exact) mass is 278 g/mol. The number of aryl methyl sites for hydroxylation is 2. The Bertz CT molecular complexity index is 559. The molecule has 0 saturated carbocycles. The van der Waals surface area contributed by atoms with E-state index in [4.69, 9.17) is 0 Å². The molecule has 0 saturated heterocycles. The van der Waals surface area contributed by atoms with Crippen molar-refractivity contribution in [3.8, 4) is 0 Å². The molecule has 2 N–H and O–H groups in total. The van der Waals surface area contributed by atoms with E-state index in [0.717, 1.165) is 11.3 Å². The highest BCUT2D eigenvalue weighted by atomic mass is 32.1. The number of hydrogen-bond donors (Lipinski definition) is 2. The molecule has 2 rings (SSSR count). The Morgan fingerprint density at radius 3 is 2.95 bits per heavy atom. The fourth-order valence-electron chi connectivity index (χ4n) is 1.93. The van der Waals surface area contributed by atoms with Crippen LogP contribution in [0.5, 0.6) is 0 Å². The molecule has 5 heteroatoms. The van der Waals surface area contributed by atoms with Gasteiger partial charge >= 0.3 is 0 Å². The number of nitrogens with one attached hydrogen (secondary N) is 1. The number of amides is 1. The van der Waals surface area contributed by atoms with Crippen LogP contribution < -0.4 is 5.32 Å². The average Bonchev–Trinajstić information content (AvgIpc) is 2.97. The van der Waals surface area contributed by atoms with E-state index in [-0.39, 0.29) is 5.91 Å². The van der Waals surface area contributed by atoms with Gasteiger partial charge in [-0.1, -0.05) is 0 Å². The number of aliphatic hydroxyl groups excluding tert-OH is 1. The molecule has 2 heterocycles. The normalized spacial score (nSPS) is 12.4. The zero-order valence-corrected chi connectivity index (χ0v) is 11.9. The third-order valence-corrected chi connectivity index (χ3v) is 4.03. The van der Waals surface area contributed by atoms with Crippen molar-refractivity contribution in [1.29, 1.82) is 0 Å². The lowest BCUT2D eigenvalue weighted by Crippen LogP contribution is -2.25. The summed E-state index contributed by atoms with van der Waals surface area (Å²) in [5.74, 6) is -0.0721. The SMILES string of the molecule is Cc1csc(C(=O)NCC[C@H](O)c2cccn2C)c1. The Hall–Kier alpha value is -1.59. The van der Waals surface area contributed by atoms with Crippen LogP contribution in [0, 0.1) is 6.92 Å². The van der Waals surface area contributed by atoms with Gasteiger partial charge < -0.3 is 15.0 Å². The number of rotatable bonds is 5. The molecule has 2 aromatic heterocycles. The zero-order chi connectivity index (χ0) is 13.8. The summed E-state index contributed by atoms with van der Waals surface area (Å²) >= 11 is 1.44. The largest absolute Gasteiger partial charge is 0.387 e. The molecule has 0 bridgehead atoms. The van der Waals surface area contributed by atoms with E-state index in [1.165, 1.54) is 11.3 Å². The first-order valence-corrected chi connectivity index (χ1v) is 7.08. The van der Waals surface area contributed by atoms with E-state index in [2.05, 4.69) is 5.32 Å². The van der Waals surface area contributed by atoms with E-state index >= 15 is 0 Å². The summed E-state index contributed by atoms with van der Waals surface area (Å²) in [5, 5.41) is 14.8. The first-order valence-electron chi connectivity index (χ1n) is 6.20. The molecule has 2 aromatic rings. The predicted molar refractivity (Wildman–Crippen MR) is 76.4 cm³/mol. The van der Waals surface area contributed by atoms with Gasteiger partial charge in [-0.15, -0.1) is 11.3 Å². The molecule has 0 fully saturated rings. The van der Waals surface area contributed by atoms with Gasteiger partial charge in [0.25, 0.3) is 5.91 Å². The molecular weight excluding hydrogens is 260 g/mol. The molecule has 0 aromatic carbocycles. The van der Waals surface area contributed by atoms with Crippen molar-refractivity contribution in [3.63, 3.8) is 0 Å². The second-order valence-corrected chi connectivity index (χ2v) is 5.50. The van der Waals surface area contributed by atoms with Crippen LogP contribution in [0.1, 0.15) is 33.5 Å². The Kier molecular flexibility index (Phi) is 4.39. The van der Waals surface area contributed by atoms with Crippen molar-refractivity contribution in [2.45, 2.75) is 19.4 Å². The molecule has 4 nitrogen and oxygen atoms in total. The minimum absolute atomic E-state index is 0.0721. The average molecular weight is 278 g/mol. The number of aliphatic hydroxyl groups is 1. The predicted octanol–water partition coefficient (Wildman–Crippen LogP) is 2.25. The summed E-state index contributed by atoms with van der Waals surface area (Å²) in [6.07, 6.45) is 1.85. The zero-order valence-electron chi connectivity index (χ0n) is 11.1. The third kappa shape index (κ3) is 3.45. The Morgan fingerprint density at radius 1 is 1.58 bits per heavy atom. The van der Waals surface area contributed by atoms with E-state index in [1.54, 1.807) is 0 Å². The van der Waals surface area contributed by atoms with Crippen LogP contribution in [0.15, 0.2) is 29.8 Å². The van der Waals surface area contributed by atoms with Gasteiger partial charge in [0.1, 0.15) is 0 Å². The van der Waals surface area contributed by atoms with Crippen molar-refractivity contribution in [2.24, 2.45) is 7.05 Å². The Morgan fingerprint density at radius 2 is 2.37 bits per heavy atom. The Labute approximate surface area is 116 Å². The summed E-state index contributed by atoms with van der Waals surface area (Å²) in [6.45, 7) is 2.43. The maximum atomic E-state index is 11.8. The molecule has 0 radical (unpaired) electrons. The van der Waals surface area contributed by atoms with Gasteiger partial charge in [0.05, 0.1) is 11.0 Å². The summed E-state index contributed by atoms with van der Waals surface area (Å²) < 4.78 is 1.88. The lowest BCUT2D eigenvalue weighted by atomic mass is 10.2. The molecule has 19 heavy (non-hydrogen) atoms. The van der Waals surface area contributed by atoms with Crippen molar-refractivity contribution in [2.75, 3.05) is 6.54 Å². The molecule has 0 aliphatic rings. The summed E-state index contributed by atoms with van der Waals surface area (Å²) in [5.41, 5.74) is 1.96. The van der Waals surface area contributed by atoms with Gasteiger partial charge in [0, 0.05) is 25.5 Å². The maximum Gasteiger partial charge on any atom is 0.261 e. The van der Waals surface area contributed by atoms with Crippen LogP contribution in [0.3, 0.4) is 0 Å². The molecule has 102 valence electrons. The van der Waals surface area contributed by atoms with Crippen LogP contribution in [0.4, 0.5) is 0 Å². The number of hydrogen-bond acceptors (Lipinski definition) is 3. The van der Waals surface area contributed by atoms with E-state index in [0.29, 0.717) is 17.8 Å². The second-order valence-electron chi connectivity index (χ2n) is 4.59. The van der Waals surface area contributed by atoms with Crippen LogP contribution in [0.25, 0.3) is 0 Å². The van der Waals surface area contributed by atoms with Crippen LogP contribution in [-0.4, -0.2) is 22.1 Å². The second kappa shape index (κ2) is 6.04. The van der Waals surface area contributed by atoms with Crippen LogP contribution >= 0.6 is 11.3 Å². The fraction of sp³-hybridized carbons (Fsp3) is 0.357. The first kappa shape index (κ1) is 13.8. The highest BCUT2D eigenvalue weighted by Gasteiger charge is 2.12. The molecule has 0 spiro atoms. The number of nitrogens with zero attached hydrogens (tertiary/aromatic N) is 1. The van der Waals surface area contributed by atoms with Gasteiger partial charge in [-0.2, -0.15) is 0 Å². The van der Waals surface area contributed by atoms with E-state index in [9.17, 15) is 9.90 Å². The van der Waals surface area contributed by atoms with E-state index < -0.39 is 6.10 Å². The van der Waals surface area contributed by atoms with Gasteiger partial charge in [-0.25, -0.2) is 0 Å². The summed E-state index contributed by atoms with van der Waals surface area (Å²) in [7, 11) is 1.89. The summed E-state index contributed by atoms with van der Waals surface area (Å²) in [4.78, 5) is 12.5. The number of carbonyl (C=O) groups excluding carboxylic acids is 1. The van der Waals surface area contributed by atoms with Crippen molar-refractivity contribution in [3.05, 3.63) is 45.9 Å². The van der Waals surface area contributed by atoms with Crippen LogP contribution in [0.2, 0.25) is 0 Å². The van der Waals surface area contributed by atoms with Crippen molar-refractivity contribution >= 4 is 17.2 Å². The quantitative estimate of drug-likeness (QED) is 0.881. The lowest BCUT2D eigenvalue weighted by molar-refractivity contribution is 0.0945. The standard InChI is InChI=1S/C14H18N2O2S/c1-10-8-13(19-9-10)14(18)15-6-5-12(17)11-4-3-7-16(11)2/h3-4,7-9,12,17H,5-6H2,1-2H3,(H,15,18)/t12-/m0/s1. The van der Waals surface area contributed by atoms with Crippen molar-refractivity contribution in [1.82, 2.24) is 9.88 Å². The fourth-order valence-corrected chi connectivity index (χ4v) is 2.74. The molecule has 0 aliphatic heterocycles. The van der Waals surface area contributed by atoms with Gasteiger partial charge in [-0.3, -0.25) is 4.79 Å². The third-order valence-electron chi connectivity index (χ3n) is 2.98. The highest BCUT2D eigenvalue weighted by molar-refractivity contribution is 7.12. The number of thiophene rings is 1. The van der Waals surface area contributed by atoms with Crippen molar-refractivity contribution < 1.29 is 9.90 Å². The minimum atomic E-state index is -0.551. The van der Waals surface area contributed by atoms with Gasteiger partial charge in [-0.05, 0) is 42.5 Å². The topological polar surface area (TPSA) is 54.3 Å². The maximum absolute atomic E-state index is 11.8. The molecule has 1 amide bonds. The first-order chi connectivity index (χ1) is 9.08. The molecule has 0 unspecified atom stereocenters. The molecule has 0 aliphatic carbocycles. The molecule has 1 atom stereocenters. The number of aromatic nitrogens is 1. The number of carbonyl (C=O) groups is 1.